The third-order valence-electron chi connectivity index (χ3n) is 3.43. The fourth-order valence-corrected chi connectivity index (χ4v) is 3.26. The normalized spacial score (nSPS) is 11.1. The molecule has 0 aliphatic heterocycles. The summed E-state index contributed by atoms with van der Waals surface area (Å²) in [5.74, 6) is 0.450. The van der Waals surface area contributed by atoms with Crippen LogP contribution in [0.4, 0.5) is 5.69 Å². The van der Waals surface area contributed by atoms with E-state index < -0.39 is 10.0 Å². The molecule has 0 atom stereocenters. The Labute approximate surface area is 142 Å². The van der Waals surface area contributed by atoms with Crippen molar-refractivity contribution in [2.45, 2.75) is 11.8 Å². The van der Waals surface area contributed by atoms with Crippen LogP contribution in [0.25, 0.3) is 0 Å². The number of benzene rings is 2. The Hall–Kier alpha value is -2.38. The predicted molar refractivity (Wildman–Crippen MR) is 92.7 cm³/mol. The van der Waals surface area contributed by atoms with E-state index in [1.54, 1.807) is 49.6 Å². The summed E-state index contributed by atoms with van der Waals surface area (Å²) in [6, 6.07) is 15.2. The highest BCUT2D eigenvalue weighted by molar-refractivity contribution is 7.89. The Balaban J connectivity index is 2.06. The van der Waals surface area contributed by atoms with E-state index in [-0.39, 0.29) is 23.9 Å². The largest absolute Gasteiger partial charge is 0.497 e. The number of hydrogen-bond acceptors (Lipinski definition) is 4. The lowest BCUT2D eigenvalue weighted by atomic mass is 10.2. The van der Waals surface area contributed by atoms with Gasteiger partial charge < -0.3 is 9.64 Å². The summed E-state index contributed by atoms with van der Waals surface area (Å²) in [6.07, 6.45) is 0. The first-order valence-electron chi connectivity index (χ1n) is 7.41. The molecule has 0 fully saturated rings. The summed E-state index contributed by atoms with van der Waals surface area (Å²) in [5.41, 5.74) is 0.653. The summed E-state index contributed by atoms with van der Waals surface area (Å²) >= 11 is 0. The minimum atomic E-state index is -3.59. The van der Waals surface area contributed by atoms with E-state index in [0.29, 0.717) is 11.4 Å². The first-order valence-corrected chi connectivity index (χ1v) is 8.89. The van der Waals surface area contributed by atoms with Crippen LogP contribution in [0, 0.1) is 0 Å². The molecule has 0 aromatic heterocycles. The number of hydrogen-bond donors (Lipinski definition) is 1. The molecule has 0 saturated carbocycles. The SMILES string of the molecule is COc1cccc(N(CCNS(=O)(=O)c2ccccc2)C(C)=O)c1. The van der Waals surface area contributed by atoms with Gasteiger partial charge in [-0.25, -0.2) is 13.1 Å². The number of amides is 1. The molecule has 0 radical (unpaired) electrons. The number of nitrogens with one attached hydrogen (secondary N) is 1. The standard InChI is InChI=1S/C17H20N2O4S/c1-14(20)19(15-7-6-8-16(13-15)23-2)12-11-18-24(21,22)17-9-4-3-5-10-17/h3-10,13,18H,11-12H2,1-2H3. The van der Waals surface area contributed by atoms with E-state index in [9.17, 15) is 13.2 Å². The van der Waals surface area contributed by atoms with Crippen molar-refractivity contribution in [1.29, 1.82) is 0 Å². The molecule has 24 heavy (non-hydrogen) atoms. The molecule has 0 aliphatic carbocycles. The van der Waals surface area contributed by atoms with Gasteiger partial charge in [0.05, 0.1) is 12.0 Å². The Bertz CT molecular complexity index is 791. The van der Waals surface area contributed by atoms with Crippen molar-refractivity contribution < 1.29 is 17.9 Å². The number of methoxy groups -OCH3 is 1. The predicted octanol–water partition coefficient (Wildman–Crippen LogP) is 2.03. The Kier molecular flexibility index (Phi) is 5.94. The maximum Gasteiger partial charge on any atom is 0.240 e. The van der Waals surface area contributed by atoms with Crippen molar-refractivity contribution in [3.8, 4) is 5.75 Å². The van der Waals surface area contributed by atoms with E-state index in [2.05, 4.69) is 4.72 Å². The van der Waals surface area contributed by atoms with Crippen LogP contribution in [0.2, 0.25) is 0 Å². The quantitative estimate of drug-likeness (QED) is 0.831. The van der Waals surface area contributed by atoms with Gasteiger partial charge in [-0.2, -0.15) is 0 Å². The lowest BCUT2D eigenvalue weighted by Gasteiger charge is -2.22. The molecule has 2 aromatic rings. The van der Waals surface area contributed by atoms with Gasteiger partial charge in [0.2, 0.25) is 15.9 Å². The number of carbonyl (C=O) groups is 1. The summed E-state index contributed by atoms with van der Waals surface area (Å²) < 4.78 is 32.0. The number of sulfonamides is 1. The van der Waals surface area contributed by atoms with Crippen molar-refractivity contribution >= 4 is 21.6 Å². The van der Waals surface area contributed by atoms with E-state index in [4.69, 9.17) is 4.74 Å². The number of carbonyl (C=O) groups excluding carboxylic acids is 1. The second kappa shape index (κ2) is 7.94. The Morgan fingerprint density at radius 2 is 1.83 bits per heavy atom. The van der Waals surface area contributed by atoms with Crippen LogP contribution in [0.3, 0.4) is 0 Å². The van der Waals surface area contributed by atoms with Crippen LogP contribution in [0.5, 0.6) is 5.75 Å². The molecule has 0 spiro atoms. The number of rotatable bonds is 7. The van der Waals surface area contributed by atoms with Gasteiger partial charge in [-0.15, -0.1) is 0 Å². The van der Waals surface area contributed by atoms with Crippen LogP contribution in [0.15, 0.2) is 59.5 Å². The lowest BCUT2D eigenvalue weighted by Crippen LogP contribution is -2.37. The van der Waals surface area contributed by atoms with Gasteiger partial charge in [-0.05, 0) is 24.3 Å². The van der Waals surface area contributed by atoms with Crippen LogP contribution < -0.4 is 14.4 Å². The summed E-state index contributed by atoms with van der Waals surface area (Å²) in [6.45, 7) is 1.76. The summed E-state index contributed by atoms with van der Waals surface area (Å²) in [7, 11) is -2.04. The molecule has 0 saturated heterocycles. The van der Waals surface area contributed by atoms with Gasteiger partial charge in [0.25, 0.3) is 0 Å². The van der Waals surface area contributed by atoms with Crippen molar-refractivity contribution in [1.82, 2.24) is 4.72 Å². The van der Waals surface area contributed by atoms with Crippen LogP contribution in [0.1, 0.15) is 6.92 Å². The number of nitrogens with zero attached hydrogens (tertiary/aromatic N) is 1. The molecule has 6 nitrogen and oxygen atoms in total. The van der Waals surface area contributed by atoms with E-state index >= 15 is 0 Å². The first-order chi connectivity index (χ1) is 11.4. The molecule has 1 amide bonds. The molecule has 128 valence electrons. The van der Waals surface area contributed by atoms with Crippen molar-refractivity contribution in [3.63, 3.8) is 0 Å². The molecule has 0 heterocycles. The second-order valence-electron chi connectivity index (χ2n) is 5.08. The smallest absolute Gasteiger partial charge is 0.240 e. The molecule has 1 N–H and O–H groups in total. The minimum absolute atomic E-state index is 0.105. The third kappa shape index (κ3) is 4.56. The fourth-order valence-electron chi connectivity index (χ4n) is 2.22. The van der Waals surface area contributed by atoms with Crippen LogP contribution in [-0.2, 0) is 14.8 Å². The molecular weight excluding hydrogens is 328 g/mol. The highest BCUT2D eigenvalue weighted by Gasteiger charge is 2.16. The van der Waals surface area contributed by atoms with Gasteiger partial charge in [-0.3, -0.25) is 4.79 Å². The van der Waals surface area contributed by atoms with E-state index in [1.807, 2.05) is 0 Å². The molecule has 0 unspecified atom stereocenters. The Morgan fingerprint density at radius 3 is 2.46 bits per heavy atom. The highest BCUT2D eigenvalue weighted by Crippen LogP contribution is 2.21. The first kappa shape index (κ1) is 18.0. The van der Waals surface area contributed by atoms with Crippen LogP contribution >= 0.6 is 0 Å². The van der Waals surface area contributed by atoms with Crippen LogP contribution in [-0.4, -0.2) is 34.5 Å². The zero-order valence-electron chi connectivity index (χ0n) is 13.6. The molecule has 0 aliphatic rings. The fraction of sp³-hybridized carbons (Fsp3) is 0.235. The summed E-state index contributed by atoms with van der Waals surface area (Å²) in [5, 5.41) is 0. The summed E-state index contributed by atoms with van der Waals surface area (Å²) in [4.78, 5) is 13.6. The number of anilines is 1. The third-order valence-corrected chi connectivity index (χ3v) is 4.90. The Morgan fingerprint density at radius 1 is 1.12 bits per heavy atom. The van der Waals surface area contributed by atoms with Crippen molar-refractivity contribution in [3.05, 3.63) is 54.6 Å². The highest BCUT2D eigenvalue weighted by atomic mass is 32.2. The zero-order chi connectivity index (χ0) is 17.6. The zero-order valence-corrected chi connectivity index (χ0v) is 14.4. The molecule has 0 bridgehead atoms. The minimum Gasteiger partial charge on any atom is -0.497 e. The van der Waals surface area contributed by atoms with Gasteiger partial charge in [0.15, 0.2) is 0 Å². The molecule has 7 heteroatoms. The molecule has 2 aromatic carbocycles. The van der Waals surface area contributed by atoms with Crippen molar-refractivity contribution in [2.75, 3.05) is 25.1 Å². The maximum atomic E-state index is 12.2. The maximum absolute atomic E-state index is 12.2. The van der Waals surface area contributed by atoms with Gasteiger partial charge >= 0.3 is 0 Å². The van der Waals surface area contributed by atoms with E-state index in [1.165, 1.54) is 24.0 Å². The molecule has 2 rings (SSSR count). The average Bonchev–Trinajstić information content (AvgIpc) is 2.59. The second-order valence-corrected chi connectivity index (χ2v) is 6.85. The monoisotopic (exact) mass is 348 g/mol. The number of ether oxygens (including phenoxy) is 1. The van der Waals surface area contributed by atoms with Crippen molar-refractivity contribution in [2.24, 2.45) is 0 Å². The molecular formula is C17H20N2O4S. The lowest BCUT2D eigenvalue weighted by molar-refractivity contribution is -0.116. The topological polar surface area (TPSA) is 75.7 Å². The van der Waals surface area contributed by atoms with E-state index in [0.717, 1.165) is 0 Å². The van der Waals surface area contributed by atoms with Gasteiger partial charge in [0, 0.05) is 31.8 Å². The van der Waals surface area contributed by atoms with Gasteiger partial charge in [-0.1, -0.05) is 24.3 Å². The average molecular weight is 348 g/mol. The van der Waals surface area contributed by atoms with Gasteiger partial charge in [0.1, 0.15) is 5.75 Å².